The molecule has 1 amide bonds. The number of amides is 1. The van der Waals surface area contributed by atoms with E-state index in [1.807, 2.05) is 30.3 Å². The average Bonchev–Trinajstić information content (AvgIpc) is 3.19. The van der Waals surface area contributed by atoms with Gasteiger partial charge in [0.05, 0.1) is 11.4 Å². The molecule has 29 heavy (non-hydrogen) atoms. The molecule has 0 spiro atoms. The lowest BCUT2D eigenvalue weighted by Gasteiger charge is -2.22. The van der Waals surface area contributed by atoms with Gasteiger partial charge in [0.2, 0.25) is 5.91 Å². The zero-order valence-corrected chi connectivity index (χ0v) is 16.9. The summed E-state index contributed by atoms with van der Waals surface area (Å²) in [6.45, 7) is 0. The Hall–Kier alpha value is -2.67. The molecule has 2 aromatic carbocycles. The van der Waals surface area contributed by atoms with Gasteiger partial charge in [-0.15, -0.1) is 10.2 Å². The average molecular weight is 411 g/mol. The molecule has 1 heterocycles. The highest BCUT2D eigenvalue weighted by molar-refractivity contribution is 7.99. The molecule has 0 aliphatic heterocycles. The van der Waals surface area contributed by atoms with Gasteiger partial charge in [-0.25, -0.2) is 4.39 Å². The van der Waals surface area contributed by atoms with Crippen LogP contribution in [0.15, 0.2) is 59.8 Å². The number of halogens is 1. The normalized spacial score (nSPS) is 14.7. The molecule has 1 aliphatic rings. The van der Waals surface area contributed by atoms with Crippen molar-refractivity contribution in [2.24, 2.45) is 0 Å². The summed E-state index contributed by atoms with van der Waals surface area (Å²) in [5, 5.41) is 12.2. The van der Waals surface area contributed by atoms with Crippen molar-refractivity contribution in [3.05, 3.63) is 66.2 Å². The molecule has 7 heteroatoms. The molecule has 0 saturated heterocycles. The number of hydrogen-bond acceptors (Lipinski definition) is 4. The van der Waals surface area contributed by atoms with E-state index >= 15 is 0 Å². The Kier molecular flexibility index (Phi) is 6.24. The van der Waals surface area contributed by atoms with Crippen molar-refractivity contribution >= 4 is 23.4 Å². The maximum atomic E-state index is 13.8. The second-order valence-electron chi connectivity index (χ2n) is 7.16. The number of para-hydroxylation sites is 2. The van der Waals surface area contributed by atoms with E-state index in [0.717, 1.165) is 24.4 Å². The highest BCUT2D eigenvalue weighted by atomic mass is 32.2. The maximum Gasteiger partial charge on any atom is 0.234 e. The van der Waals surface area contributed by atoms with E-state index in [4.69, 9.17) is 0 Å². The zero-order valence-electron chi connectivity index (χ0n) is 16.1. The highest BCUT2D eigenvalue weighted by Crippen LogP contribution is 2.34. The van der Waals surface area contributed by atoms with Gasteiger partial charge in [0.1, 0.15) is 11.6 Å². The number of hydrogen-bond donors (Lipinski definition) is 1. The largest absolute Gasteiger partial charge is 0.323 e. The van der Waals surface area contributed by atoms with Crippen molar-refractivity contribution < 1.29 is 9.18 Å². The van der Waals surface area contributed by atoms with Gasteiger partial charge in [-0.2, -0.15) is 0 Å². The Bertz CT molecular complexity index is 970. The van der Waals surface area contributed by atoms with E-state index in [2.05, 4.69) is 20.1 Å². The quantitative estimate of drug-likeness (QED) is 0.569. The molecule has 0 unspecified atom stereocenters. The standard InChI is InChI=1S/C22H23FN4OS/c23-18-13-7-8-14-19(18)24-20(28)15-29-22-26-25-21(16-9-3-1-4-10-16)27(22)17-11-5-2-6-12-17/h2,5-8,11-14,16H,1,3-4,9-10,15H2,(H,24,28). The van der Waals surface area contributed by atoms with E-state index in [9.17, 15) is 9.18 Å². The predicted molar refractivity (Wildman–Crippen MR) is 113 cm³/mol. The summed E-state index contributed by atoms with van der Waals surface area (Å²) in [6, 6.07) is 16.2. The van der Waals surface area contributed by atoms with Gasteiger partial charge < -0.3 is 5.32 Å². The minimum Gasteiger partial charge on any atom is -0.323 e. The second kappa shape index (κ2) is 9.22. The van der Waals surface area contributed by atoms with Gasteiger partial charge in [0.25, 0.3) is 0 Å². The smallest absolute Gasteiger partial charge is 0.234 e. The van der Waals surface area contributed by atoms with Crippen molar-refractivity contribution in [1.29, 1.82) is 0 Å². The van der Waals surface area contributed by atoms with Gasteiger partial charge in [0, 0.05) is 11.6 Å². The minimum absolute atomic E-state index is 0.129. The monoisotopic (exact) mass is 410 g/mol. The summed E-state index contributed by atoms with van der Waals surface area (Å²) in [5.41, 5.74) is 1.18. The van der Waals surface area contributed by atoms with Gasteiger partial charge in [-0.1, -0.05) is 61.4 Å². The number of benzene rings is 2. The van der Waals surface area contributed by atoms with Crippen LogP contribution in [0.1, 0.15) is 43.8 Å². The molecule has 4 rings (SSSR count). The minimum atomic E-state index is -0.446. The van der Waals surface area contributed by atoms with Crippen LogP contribution in [0.5, 0.6) is 0 Å². The third-order valence-electron chi connectivity index (χ3n) is 5.12. The molecular weight excluding hydrogens is 387 g/mol. The van der Waals surface area contributed by atoms with Gasteiger partial charge in [-0.05, 0) is 37.1 Å². The molecule has 0 radical (unpaired) electrons. The number of nitrogens with one attached hydrogen (secondary N) is 1. The first-order valence-corrected chi connectivity index (χ1v) is 10.9. The van der Waals surface area contributed by atoms with Crippen LogP contribution in [0.3, 0.4) is 0 Å². The van der Waals surface area contributed by atoms with Crippen LogP contribution >= 0.6 is 11.8 Å². The van der Waals surface area contributed by atoms with Crippen LogP contribution in [0.25, 0.3) is 5.69 Å². The van der Waals surface area contributed by atoms with Crippen LogP contribution in [-0.4, -0.2) is 26.4 Å². The van der Waals surface area contributed by atoms with Crippen LogP contribution in [0.4, 0.5) is 10.1 Å². The van der Waals surface area contributed by atoms with Crippen molar-refractivity contribution in [2.45, 2.75) is 43.2 Å². The van der Waals surface area contributed by atoms with Crippen LogP contribution < -0.4 is 5.32 Å². The van der Waals surface area contributed by atoms with Crippen molar-refractivity contribution in [1.82, 2.24) is 14.8 Å². The number of carbonyl (C=O) groups excluding carboxylic acids is 1. The highest BCUT2D eigenvalue weighted by Gasteiger charge is 2.24. The lowest BCUT2D eigenvalue weighted by atomic mass is 9.88. The van der Waals surface area contributed by atoms with E-state index in [-0.39, 0.29) is 17.3 Å². The number of anilines is 1. The molecule has 1 saturated carbocycles. The lowest BCUT2D eigenvalue weighted by molar-refractivity contribution is -0.113. The van der Waals surface area contributed by atoms with E-state index in [1.54, 1.807) is 18.2 Å². The molecule has 0 bridgehead atoms. The first kappa shape index (κ1) is 19.6. The van der Waals surface area contributed by atoms with Gasteiger partial charge >= 0.3 is 0 Å². The van der Waals surface area contributed by atoms with Crippen LogP contribution in [0.2, 0.25) is 0 Å². The van der Waals surface area contributed by atoms with E-state index in [0.29, 0.717) is 11.1 Å². The summed E-state index contributed by atoms with van der Waals surface area (Å²) in [4.78, 5) is 12.3. The number of carbonyl (C=O) groups is 1. The summed E-state index contributed by atoms with van der Waals surface area (Å²) < 4.78 is 15.8. The van der Waals surface area contributed by atoms with Crippen LogP contribution in [0, 0.1) is 5.82 Å². The molecule has 150 valence electrons. The Balaban J connectivity index is 1.53. The Morgan fingerprint density at radius 1 is 1.03 bits per heavy atom. The number of rotatable bonds is 6. The number of thioether (sulfide) groups is 1. The Labute approximate surface area is 173 Å². The first-order chi connectivity index (χ1) is 14.2. The molecule has 1 N–H and O–H groups in total. The van der Waals surface area contributed by atoms with Crippen molar-refractivity contribution in [2.75, 3.05) is 11.1 Å². The molecule has 1 aliphatic carbocycles. The summed E-state index contributed by atoms with van der Waals surface area (Å²) in [7, 11) is 0. The van der Waals surface area contributed by atoms with Gasteiger partial charge in [-0.3, -0.25) is 9.36 Å². The molecule has 1 aromatic heterocycles. The Morgan fingerprint density at radius 2 is 1.76 bits per heavy atom. The number of nitrogens with zero attached hydrogens (tertiary/aromatic N) is 3. The maximum absolute atomic E-state index is 13.8. The molecule has 0 atom stereocenters. The van der Waals surface area contributed by atoms with Gasteiger partial charge in [0.15, 0.2) is 5.16 Å². The third kappa shape index (κ3) is 4.67. The van der Waals surface area contributed by atoms with Crippen molar-refractivity contribution in [3.63, 3.8) is 0 Å². The van der Waals surface area contributed by atoms with Crippen molar-refractivity contribution in [3.8, 4) is 5.69 Å². The fourth-order valence-electron chi connectivity index (χ4n) is 3.70. The SMILES string of the molecule is O=C(CSc1nnc(C2CCCCC2)n1-c1ccccc1)Nc1ccccc1F. The molecular formula is C22H23FN4OS. The van der Waals surface area contributed by atoms with Crippen LogP contribution in [-0.2, 0) is 4.79 Å². The fourth-order valence-corrected chi connectivity index (χ4v) is 4.46. The van der Waals surface area contributed by atoms with E-state index in [1.165, 1.54) is 37.1 Å². The topological polar surface area (TPSA) is 59.8 Å². The van der Waals surface area contributed by atoms with E-state index < -0.39 is 5.82 Å². The molecule has 1 fully saturated rings. The summed E-state index contributed by atoms with van der Waals surface area (Å²) in [5.74, 6) is 0.759. The Morgan fingerprint density at radius 3 is 2.52 bits per heavy atom. The zero-order chi connectivity index (χ0) is 20.1. The second-order valence-corrected chi connectivity index (χ2v) is 8.11. The fraction of sp³-hybridized carbons (Fsp3) is 0.318. The summed E-state index contributed by atoms with van der Waals surface area (Å²) in [6.07, 6.45) is 5.92. The molecule has 5 nitrogen and oxygen atoms in total. The number of aromatic nitrogens is 3. The lowest BCUT2D eigenvalue weighted by Crippen LogP contribution is -2.16. The summed E-state index contributed by atoms with van der Waals surface area (Å²) >= 11 is 1.31. The third-order valence-corrected chi connectivity index (χ3v) is 6.05. The first-order valence-electron chi connectivity index (χ1n) is 9.90. The predicted octanol–water partition coefficient (Wildman–Crippen LogP) is 5.18. The molecule has 3 aromatic rings.